The summed E-state index contributed by atoms with van der Waals surface area (Å²) in [4.78, 5) is 25.5. The highest BCUT2D eigenvalue weighted by Crippen LogP contribution is 2.29. The maximum absolute atomic E-state index is 13.1. The molecule has 0 aliphatic rings. The molecule has 0 saturated heterocycles. The van der Waals surface area contributed by atoms with Gasteiger partial charge in [0, 0.05) is 30.4 Å². The first-order valence-electron chi connectivity index (χ1n) is 9.75. The van der Waals surface area contributed by atoms with E-state index in [9.17, 15) is 18.0 Å². The van der Waals surface area contributed by atoms with Gasteiger partial charge in [0.25, 0.3) is 5.56 Å². The molecule has 0 amide bonds. The molecule has 0 unspecified atom stereocenters. The van der Waals surface area contributed by atoms with Crippen LogP contribution in [0.15, 0.2) is 80.8 Å². The molecule has 0 bridgehead atoms. The van der Waals surface area contributed by atoms with Crippen molar-refractivity contribution in [3.63, 3.8) is 0 Å². The van der Waals surface area contributed by atoms with E-state index in [0.717, 1.165) is 5.56 Å². The first-order chi connectivity index (χ1) is 15.7. The van der Waals surface area contributed by atoms with Crippen molar-refractivity contribution in [3.05, 3.63) is 88.4 Å². The highest BCUT2D eigenvalue weighted by molar-refractivity contribution is 6.06. The lowest BCUT2D eigenvalue weighted by Gasteiger charge is -2.06. The number of rotatable bonds is 4. The molecule has 1 aromatic carbocycles. The number of aryl methyl sites for hydroxylation is 1. The van der Waals surface area contributed by atoms with Crippen LogP contribution in [0.1, 0.15) is 11.5 Å². The monoisotopic (exact) mass is 453 g/mol. The third-order valence-corrected chi connectivity index (χ3v) is 4.90. The lowest BCUT2D eigenvalue weighted by Crippen LogP contribution is -2.21. The summed E-state index contributed by atoms with van der Waals surface area (Å²) in [7, 11) is 1.29. The van der Waals surface area contributed by atoms with E-state index in [4.69, 9.17) is 10.2 Å². The van der Waals surface area contributed by atoms with Crippen LogP contribution in [0.4, 0.5) is 13.2 Å². The van der Waals surface area contributed by atoms with Crippen molar-refractivity contribution >= 4 is 16.6 Å². The number of benzene rings is 1. The van der Waals surface area contributed by atoms with Crippen LogP contribution in [0.3, 0.4) is 0 Å². The van der Waals surface area contributed by atoms with Crippen LogP contribution < -0.4 is 11.3 Å². The van der Waals surface area contributed by atoms with E-state index < -0.39 is 17.4 Å². The molecule has 7 nitrogen and oxygen atoms in total. The van der Waals surface area contributed by atoms with Crippen molar-refractivity contribution in [1.82, 2.24) is 14.5 Å². The number of alkyl halides is 3. The molecule has 0 saturated carbocycles. The van der Waals surface area contributed by atoms with Crippen LogP contribution in [0.2, 0.25) is 0 Å². The van der Waals surface area contributed by atoms with Gasteiger partial charge in [0.2, 0.25) is 11.8 Å². The van der Waals surface area contributed by atoms with Crippen molar-refractivity contribution in [3.8, 4) is 17.1 Å². The molecule has 0 spiro atoms. The summed E-state index contributed by atoms with van der Waals surface area (Å²) in [5, 5.41) is 0.632. The number of oxazole rings is 1. The summed E-state index contributed by atoms with van der Waals surface area (Å²) in [5.74, 6) is -0.199. The average Bonchev–Trinajstić information content (AvgIpc) is 3.22. The number of allylic oxidation sites excluding steroid dienone is 2. The fourth-order valence-corrected chi connectivity index (χ4v) is 3.16. The van der Waals surface area contributed by atoms with E-state index in [1.807, 2.05) is 19.1 Å². The number of hydrogen-bond donors (Lipinski definition) is 1. The van der Waals surface area contributed by atoms with E-state index in [-0.39, 0.29) is 28.7 Å². The Morgan fingerprint density at radius 2 is 1.91 bits per heavy atom. The van der Waals surface area contributed by atoms with Crippen molar-refractivity contribution in [1.29, 1.82) is 0 Å². The first-order valence-corrected chi connectivity index (χ1v) is 9.75. The highest BCUT2D eigenvalue weighted by Gasteiger charge is 2.32. The molecule has 168 valence electrons. The molecule has 0 aliphatic carbocycles. The minimum atomic E-state index is -4.74. The van der Waals surface area contributed by atoms with Crippen molar-refractivity contribution < 1.29 is 17.6 Å². The number of aromatic nitrogens is 3. The van der Waals surface area contributed by atoms with Gasteiger partial charge in [-0.3, -0.25) is 19.3 Å². The van der Waals surface area contributed by atoms with Crippen LogP contribution in [-0.4, -0.2) is 33.5 Å². The Hall–Kier alpha value is -4.21. The third-order valence-electron chi connectivity index (χ3n) is 4.90. The highest BCUT2D eigenvalue weighted by atomic mass is 19.4. The molecule has 4 rings (SSSR count). The van der Waals surface area contributed by atoms with E-state index in [2.05, 4.69) is 15.0 Å². The summed E-state index contributed by atoms with van der Waals surface area (Å²) in [6.07, 6.45) is -1.12. The molecule has 0 fully saturated rings. The predicted octanol–water partition coefficient (Wildman–Crippen LogP) is 4.17. The summed E-state index contributed by atoms with van der Waals surface area (Å²) in [6.45, 7) is 1.91. The molecule has 2 N–H and O–H groups in total. The zero-order chi connectivity index (χ0) is 23.8. The van der Waals surface area contributed by atoms with Gasteiger partial charge in [0.15, 0.2) is 0 Å². The minimum absolute atomic E-state index is 0.0199. The Morgan fingerprint density at radius 1 is 1.18 bits per heavy atom. The molecule has 33 heavy (non-hydrogen) atoms. The van der Waals surface area contributed by atoms with E-state index in [0.29, 0.717) is 17.0 Å². The Bertz CT molecular complexity index is 1450. The fourth-order valence-electron chi connectivity index (χ4n) is 3.16. The van der Waals surface area contributed by atoms with Crippen LogP contribution in [0.5, 0.6) is 0 Å². The number of fused-ring (bicyclic) bond motifs is 1. The Kier molecular flexibility index (Phi) is 5.59. The van der Waals surface area contributed by atoms with Gasteiger partial charge in [0.05, 0.1) is 0 Å². The second-order valence-corrected chi connectivity index (χ2v) is 7.18. The zero-order valence-corrected chi connectivity index (χ0v) is 17.6. The zero-order valence-electron chi connectivity index (χ0n) is 17.6. The summed E-state index contributed by atoms with van der Waals surface area (Å²) >= 11 is 0. The van der Waals surface area contributed by atoms with Crippen molar-refractivity contribution in [2.75, 3.05) is 7.05 Å². The number of aliphatic imine (C=N–C) groups is 1. The predicted molar refractivity (Wildman–Crippen MR) is 118 cm³/mol. The maximum Gasteiger partial charge on any atom is 0.430 e. The number of hydrogen-bond acceptors (Lipinski definition) is 6. The van der Waals surface area contributed by atoms with Gasteiger partial charge in [0.1, 0.15) is 22.6 Å². The molecular formula is C23H18F3N5O2. The van der Waals surface area contributed by atoms with Gasteiger partial charge in [-0.15, -0.1) is 0 Å². The van der Waals surface area contributed by atoms with Gasteiger partial charge >= 0.3 is 6.18 Å². The summed E-state index contributed by atoms with van der Waals surface area (Å²) in [6, 6.07) is 12.4. The topological polar surface area (TPSA) is 99.3 Å². The van der Waals surface area contributed by atoms with Gasteiger partial charge in [-0.05, 0) is 25.1 Å². The standard InChI is InChI=1S/C23H18F3N5O2/c1-13-5-7-15(8-6-13)19-22(31-11-9-14-4-3-10-29-18(14)21(31)32)33-20(30-19)16(28-2)12-17(27)23(24,25)26/h3-12H,27H2,1-2H3. The second kappa shape index (κ2) is 8.38. The minimum Gasteiger partial charge on any atom is -0.417 e. The van der Waals surface area contributed by atoms with Crippen molar-refractivity contribution in [2.24, 2.45) is 10.7 Å². The molecule has 3 aromatic heterocycles. The lowest BCUT2D eigenvalue weighted by atomic mass is 10.1. The SMILES string of the molecule is CN=C(C=C(N)C(F)(F)F)c1nc(-c2ccc(C)cc2)c(-n2ccc3cccnc3c2=O)o1. The molecule has 0 atom stereocenters. The summed E-state index contributed by atoms with van der Waals surface area (Å²) in [5.41, 5.74) is 5.16. The molecule has 3 heterocycles. The Labute approximate surface area is 185 Å². The Balaban J connectivity index is 1.95. The molecule has 4 aromatic rings. The number of nitrogens with zero attached hydrogens (tertiary/aromatic N) is 4. The van der Waals surface area contributed by atoms with E-state index in [1.54, 1.807) is 30.3 Å². The quantitative estimate of drug-likeness (QED) is 0.468. The number of pyridine rings is 2. The normalized spacial score (nSPS) is 13.0. The lowest BCUT2D eigenvalue weighted by molar-refractivity contribution is -0.0925. The van der Waals surface area contributed by atoms with Crippen molar-refractivity contribution in [2.45, 2.75) is 13.1 Å². The molecule has 10 heteroatoms. The van der Waals surface area contributed by atoms with Crippen LogP contribution in [0, 0.1) is 6.92 Å². The largest absolute Gasteiger partial charge is 0.430 e. The molecular weight excluding hydrogens is 435 g/mol. The number of halogens is 3. The molecule has 0 radical (unpaired) electrons. The Morgan fingerprint density at radius 3 is 2.58 bits per heavy atom. The third kappa shape index (κ3) is 4.27. The summed E-state index contributed by atoms with van der Waals surface area (Å²) < 4.78 is 45.9. The second-order valence-electron chi connectivity index (χ2n) is 7.18. The smallest absolute Gasteiger partial charge is 0.417 e. The van der Waals surface area contributed by atoms with E-state index >= 15 is 0 Å². The first kappa shape index (κ1) is 22.0. The van der Waals surface area contributed by atoms with Crippen LogP contribution in [0.25, 0.3) is 28.0 Å². The van der Waals surface area contributed by atoms with Gasteiger partial charge in [-0.2, -0.15) is 13.2 Å². The van der Waals surface area contributed by atoms with Gasteiger partial charge in [-0.25, -0.2) is 4.98 Å². The maximum atomic E-state index is 13.1. The average molecular weight is 453 g/mol. The molecule has 0 aliphatic heterocycles. The van der Waals surface area contributed by atoms with Crippen LogP contribution in [-0.2, 0) is 0 Å². The van der Waals surface area contributed by atoms with Gasteiger partial charge in [-0.1, -0.05) is 35.9 Å². The van der Waals surface area contributed by atoms with E-state index in [1.165, 1.54) is 24.0 Å². The van der Waals surface area contributed by atoms with Gasteiger partial charge < -0.3 is 10.2 Å². The van der Waals surface area contributed by atoms with Crippen LogP contribution >= 0.6 is 0 Å². The fraction of sp³-hybridized carbons (Fsp3) is 0.130. The number of nitrogens with two attached hydrogens (primary N) is 1.